The zero-order valence-corrected chi connectivity index (χ0v) is 12.6. The number of rotatable bonds is 4. The van der Waals surface area contributed by atoms with Crippen LogP contribution in [0.1, 0.15) is 39.0 Å². The van der Waals surface area contributed by atoms with Crippen LogP contribution >= 0.6 is 0 Å². The fourth-order valence-electron chi connectivity index (χ4n) is 2.86. The van der Waals surface area contributed by atoms with Crippen molar-refractivity contribution < 1.29 is 4.42 Å². The Balaban J connectivity index is 2.20. The molecule has 2 heterocycles. The van der Waals surface area contributed by atoms with Gasteiger partial charge in [-0.05, 0) is 39.4 Å². The monoisotopic (exact) mass is 265 g/mol. The van der Waals surface area contributed by atoms with Crippen LogP contribution in [0.3, 0.4) is 0 Å². The highest BCUT2D eigenvalue weighted by Gasteiger charge is 2.37. The molecule has 1 fully saturated rings. The highest BCUT2D eigenvalue weighted by Crippen LogP contribution is 2.30. The first-order chi connectivity index (χ1) is 8.95. The van der Waals surface area contributed by atoms with Crippen LogP contribution in [-0.4, -0.2) is 48.1 Å². The Morgan fingerprint density at radius 2 is 2.16 bits per heavy atom. The lowest BCUT2D eigenvalue weighted by Crippen LogP contribution is -2.59. The Morgan fingerprint density at radius 3 is 2.68 bits per heavy atom. The van der Waals surface area contributed by atoms with Crippen LogP contribution in [0, 0.1) is 0 Å². The summed E-state index contributed by atoms with van der Waals surface area (Å²) in [5.74, 6) is 0.995. The Bertz CT molecular complexity index is 388. The van der Waals surface area contributed by atoms with E-state index in [1.165, 1.54) is 0 Å². The maximum atomic E-state index is 6.35. The third-order valence-electron chi connectivity index (χ3n) is 4.45. The molecule has 1 aliphatic rings. The van der Waals surface area contributed by atoms with Crippen LogP contribution in [0.25, 0.3) is 0 Å². The summed E-state index contributed by atoms with van der Waals surface area (Å²) in [5, 5.41) is 0. The molecule has 108 valence electrons. The van der Waals surface area contributed by atoms with Gasteiger partial charge in [-0.2, -0.15) is 0 Å². The SMILES string of the molecule is CCC(N)C(c1ccco1)N1CCN(C)C(C)(C)C1. The number of hydrogen-bond donors (Lipinski definition) is 1. The summed E-state index contributed by atoms with van der Waals surface area (Å²) >= 11 is 0. The first kappa shape index (κ1) is 14.6. The molecule has 0 radical (unpaired) electrons. The fraction of sp³-hybridized carbons (Fsp3) is 0.733. The molecule has 1 aliphatic heterocycles. The van der Waals surface area contributed by atoms with E-state index < -0.39 is 0 Å². The fourth-order valence-corrected chi connectivity index (χ4v) is 2.86. The van der Waals surface area contributed by atoms with Gasteiger partial charge in [0.1, 0.15) is 5.76 Å². The lowest BCUT2D eigenvalue weighted by atomic mass is 9.94. The van der Waals surface area contributed by atoms with Gasteiger partial charge < -0.3 is 10.2 Å². The highest BCUT2D eigenvalue weighted by atomic mass is 16.3. The summed E-state index contributed by atoms with van der Waals surface area (Å²) in [4.78, 5) is 4.90. The molecule has 4 heteroatoms. The maximum absolute atomic E-state index is 6.35. The number of hydrogen-bond acceptors (Lipinski definition) is 4. The maximum Gasteiger partial charge on any atom is 0.122 e. The third kappa shape index (κ3) is 3.02. The van der Waals surface area contributed by atoms with Crippen molar-refractivity contribution in [1.82, 2.24) is 9.80 Å². The molecule has 1 saturated heterocycles. The predicted molar refractivity (Wildman–Crippen MR) is 78.0 cm³/mol. The molecule has 0 aromatic carbocycles. The van der Waals surface area contributed by atoms with Gasteiger partial charge in [0.05, 0.1) is 12.3 Å². The minimum absolute atomic E-state index is 0.116. The number of nitrogens with zero attached hydrogens (tertiary/aromatic N) is 2. The van der Waals surface area contributed by atoms with Gasteiger partial charge in [0.15, 0.2) is 0 Å². The molecule has 2 atom stereocenters. The molecule has 2 N–H and O–H groups in total. The lowest BCUT2D eigenvalue weighted by molar-refractivity contribution is 0.00421. The molecule has 0 bridgehead atoms. The molecule has 2 rings (SSSR count). The zero-order chi connectivity index (χ0) is 14.0. The van der Waals surface area contributed by atoms with E-state index in [0.717, 1.165) is 31.8 Å². The average molecular weight is 265 g/mol. The number of likely N-dealkylation sites (N-methyl/N-ethyl adjacent to an activating group) is 1. The van der Waals surface area contributed by atoms with E-state index in [0.29, 0.717) is 0 Å². The number of piperazine rings is 1. The second-order valence-corrected chi connectivity index (χ2v) is 6.24. The average Bonchev–Trinajstić information content (AvgIpc) is 2.87. The zero-order valence-electron chi connectivity index (χ0n) is 12.6. The van der Waals surface area contributed by atoms with Crippen LogP contribution in [0.5, 0.6) is 0 Å². The van der Waals surface area contributed by atoms with E-state index in [4.69, 9.17) is 10.2 Å². The summed E-state index contributed by atoms with van der Waals surface area (Å²) in [6.45, 7) is 9.84. The van der Waals surface area contributed by atoms with E-state index in [1.807, 2.05) is 12.1 Å². The summed E-state index contributed by atoms with van der Waals surface area (Å²) in [6.07, 6.45) is 2.70. The second kappa shape index (κ2) is 5.65. The molecule has 4 nitrogen and oxygen atoms in total. The minimum atomic E-state index is 0.116. The molecule has 0 aliphatic carbocycles. The van der Waals surface area contributed by atoms with Crippen molar-refractivity contribution in [2.45, 2.75) is 44.8 Å². The van der Waals surface area contributed by atoms with Crippen molar-refractivity contribution in [2.24, 2.45) is 5.73 Å². The van der Waals surface area contributed by atoms with Gasteiger partial charge in [-0.15, -0.1) is 0 Å². The van der Waals surface area contributed by atoms with Crippen LogP contribution in [0.4, 0.5) is 0 Å². The lowest BCUT2D eigenvalue weighted by Gasteiger charge is -2.48. The van der Waals surface area contributed by atoms with Crippen LogP contribution in [-0.2, 0) is 0 Å². The summed E-state index contributed by atoms with van der Waals surface area (Å²) in [6, 6.07) is 4.30. The Hall–Kier alpha value is -0.840. The molecular formula is C15H27N3O. The summed E-state index contributed by atoms with van der Waals surface area (Å²) in [7, 11) is 2.19. The van der Waals surface area contributed by atoms with E-state index in [2.05, 4.69) is 37.6 Å². The van der Waals surface area contributed by atoms with E-state index in [9.17, 15) is 0 Å². The van der Waals surface area contributed by atoms with E-state index in [1.54, 1.807) is 6.26 Å². The normalized spacial score (nSPS) is 24.3. The minimum Gasteiger partial charge on any atom is -0.468 e. The number of nitrogens with two attached hydrogens (primary N) is 1. The standard InChI is InChI=1S/C15H27N3O/c1-5-12(16)14(13-7-6-10-19-13)18-9-8-17(4)15(2,3)11-18/h6-7,10,12,14H,5,8-9,11,16H2,1-4H3. The van der Waals surface area contributed by atoms with Gasteiger partial charge in [0.2, 0.25) is 0 Å². The van der Waals surface area contributed by atoms with Crippen molar-refractivity contribution in [3.63, 3.8) is 0 Å². The van der Waals surface area contributed by atoms with Crippen molar-refractivity contribution in [1.29, 1.82) is 0 Å². The second-order valence-electron chi connectivity index (χ2n) is 6.24. The Morgan fingerprint density at radius 1 is 1.42 bits per heavy atom. The van der Waals surface area contributed by atoms with Gasteiger partial charge in [0.25, 0.3) is 0 Å². The van der Waals surface area contributed by atoms with Crippen LogP contribution in [0.15, 0.2) is 22.8 Å². The van der Waals surface area contributed by atoms with Gasteiger partial charge >= 0.3 is 0 Å². The van der Waals surface area contributed by atoms with Crippen molar-refractivity contribution in [3.8, 4) is 0 Å². The van der Waals surface area contributed by atoms with Crippen molar-refractivity contribution in [3.05, 3.63) is 24.2 Å². The van der Waals surface area contributed by atoms with E-state index >= 15 is 0 Å². The van der Waals surface area contributed by atoms with Gasteiger partial charge in [-0.1, -0.05) is 6.92 Å². The third-order valence-corrected chi connectivity index (χ3v) is 4.45. The molecular weight excluding hydrogens is 238 g/mol. The largest absolute Gasteiger partial charge is 0.468 e. The molecule has 2 unspecified atom stereocenters. The highest BCUT2D eigenvalue weighted by molar-refractivity contribution is 5.09. The van der Waals surface area contributed by atoms with E-state index in [-0.39, 0.29) is 17.6 Å². The van der Waals surface area contributed by atoms with Crippen LogP contribution < -0.4 is 5.73 Å². The number of furan rings is 1. The predicted octanol–water partition coefficient (Wildman–Crippen LogP) is 2.08. The van der Waals surface area contributed by atoms with Crippen molar-refractivity contribution >= 4 is 0 Å². The summed E-state index contributed by atoms with van der Waals surface area (Å²) < 4.78 is 5.63. The van der Waals surface area contributed by atoms with Crippen molar-refractivity contribution in [2.75, 3.05) is 26.7 Å². The Kier molecular flexibility index (Phi) is 4.33. The van der Waals surface area contributed by atoms with Gasteiger partial charge in [0, 0.05) is 31.2 Å². The molecule has 0 spiro atoms. The summed E-state index contributed by atoms with van der Waals surface area (Å²) in [5.41, 5.74) is 6.52. The molecule has 19 heavy (non-hydrogen) atoms. The van der Waals surface area contributed by atoms with Crippen LogP contribution in [0.2, 0.25) is 0 Å². The molecule has 1 aromatic heterocycles. The quantitative estimate of drug-likeness (QED) is 0.905. The topological polar surface area (TPSA) is 45.6 Å². The van der Waals surface area contributed by atoms with Gasteiger partial charge in [-0.25, -0.2) is 0 Å². The first-order valence-corrected chi connectivity index (χ1v) is 7.20. The molecule has 0 saturated carbocycles. The van der Waals surface area contributed by atoms with Gasteiger partial charge in [-0.3, -0.25) is 9.80 Å². The first-order valence-electron chi connectivity index (χ1n) is 7.20. The Labute approximate surface area is 116 Å². The molecule has 1 aromatic rings. The smallest absolute Gasteiger partial charge is 0.122 e. The molecule has 0 amide bonds.